The van der Waals surface area contributed by atoms with Crippen molar-refractivity contribution in [3.05, 3.63) is 65.2 Å². The first kappa shape index (κ1) is 30.0. The Morgan fingerprint density at radius 1 is 1.12 bits per heavy atom. The smallest absolute Gasteiger partial charge is 0.325 e. The van der Waals surface area contributed by atoms with Crippen molar-refractivity contribution in [2.45, 2.75) is 57.8 Å². The van der Waals surface area contributed by atoms with Crippen LogP contribution in [0.25, 0.3) is 0 Å². The molecule has 0 aliphatic carbocycles. The molecule has 0 bridgehead atoms. The molecule has 2 aliphatic rings. The molecule has 40 heavy (non-hydrogen) atoms. The minimum Gasteiger partial charge on any atom is -0.465 e. The van der Waals surface area contributed by atoms with Gasteiger partial charge in [-0.2, -0.15) is 0 Å². The predicted octanol–water partition coefficient (Wildman–Crippen LogP) is 3.77. The van der Waals surface area contributed by atoms with E-state index in [-0.39, 0.29) is 37.9 Å². The van der Waals surface area contributed by atoms with Gasteiger partial charge in [-0.3, -0.25) is 9.69 Å². The number of rotatable bonds is 11. The highest BCUT2D eigenvalue weighted by atomic mass is 16.7. The Bertz CT molecular complexity index is 1110. The van der Waals surface area contributed by atoms with Crippen LogP contribution >= 0.6 is 0 Å². The number of amides is 2. The molecule has 2 heterocycles. The number of aliphatic hydroxyl groups excluding tert-OH is 1. The molecule has 0 saturated carbocycles. The minimum absolute atomic E-state index is 0.0152. The molecule has 0 aromatic heterocycles. The molecule has 2 aromatic rings. The van der Waals surface area contributed by atoms with Gasteiger partial charge in [0.1, 0.15) is 6.54 Å². The zero-order valence-electron chi connectivity index (χ0n) is 23.5. The number of carbonyl (C=O) groups excluding carboxylic acids is 2. The Balaban J connectivity index is 1.52. The number of aliphatic hydroxyl groups is 1. The Kier molecular flexibility index (Phi) is 10.9. The monoisotopic (exact) mass is 555 g/mol. The number of hydrogen-bond acceptors (Lipinski definition) is 8. The maximum atomic E-state index is 12.3. The van der Waals surface area contributed by atoms with Crippen LogP contribution in [0, 0.1) is 5.92 Å². The molecule has 218 valence electrons. The minimum atomic E-state index is -0.656. The van der Waals surface area contributed by atoms with Crippen LogP contribution in [0.5, 0.6) is 0 Å². The number of benzene rings is 2. The summed E-state index contributed by atoms with van der Waals surface area (Å²) < 4.78 is 23.5. The zero-order chi connectivity index (χ0) is 28.5. The van der Waals surface area contributed by atoms with Gasteiger partial charge in [-0.15, -0.1) is 0 Å². The van der Waals surface area contributed by atoms with Crippen LogP contribution in [0.3, 0.4) is 0 Å². The fourth-order valence-electron chi connectivity index (χ4n) is 5.38. The van der Waals surface area contributed by atoms with Crippen LogP contribution in [0.1, 0.15) is 55.8 Å². The Morgan fingerprint density at radius 2 is 1.93 bits per heavy atom. The highest BCUT2D eigenvalue weighted by Crippen LogP contribution is 2.42. The average molecular weight is 556 g/mol. The van der Waals surface area contributed by atoms with Crippen LogP contribution in [0.4, 0.5) is 10.5 Å². The number of nitrogens with one attached hydrogen (secondary N) is 2. The van der Waals surface area contributed by atoms with Gasteiger partial charge in [-0.05, 0) is 49.6 Å². The molecule has 2 aliphatic heterocycles. The van der Waals surface area contributed by atoms with Gasteiger partial charge in [-0.25, -0.2) is 4.79 Å². The number of carbonyl (C=O) groups is 2. The van der Waals surface area contributed by atoms with Gasteiger partial charge < -0.3 is 34.7 Å². The van der Waals surface area contributed by atoms with Gasteiger partial charge in [-0.1, -0.05) is 43.3 Å². The largest absolute Gasteiger partial charge is 0.465 e. The summed E-state index contributed by atoms with van der Waals surface area (Å²) in [5.41, 5.74) is 3.18. The topological polar surface area (TPSA) is 119 Å². The third-order valence-electron chi connectivity index (χ3n) is 7.51. The number of anilines is 1. The number of hydrogen-bond donors (Lipinski definition) is 3. The van der Waals surface area contributed by atoms with Crippen molar-refractivity contribution < 1.29 is 33.6 Å². The first-order valence-electron chi connectivity index (χ1n) is 14.0. The van der Waals surface area contributed by atoms with Crippen LogP contribution in [0.2, 0.25) is 0 Å². The van der Waals surface area contributed by atoms with E-state index in [9.17, 15) is 14.7 Å². The molecule has 2 saturated heterocycles. The summed E-state index contributed by atoms with van der Waals surface area (Å²) in [6, 6.07) is 15.0. The van der Waals surface area contributed by atoms with Gasteiger partial charge in [0.25, 0.3) is 0 Å². The molecule has 3 N–H and O–H groups in total. The van der Waals surface area contributed by atoms with E-state index in [4.69, 9.17) is 18.9 Å². The number of esters is 1. The fraction of sp³-hybridized carbons (Fsp3) is 0.533. The quantitative estimate of drug-likeness (QED) is 0.359. The lowest BCUT2D eigenvalue weighted by atomic mass is 9.90. The van der Waals surface area contributed by atoms with E-state index in [1.54, 1.807) is 20.1 Å². The predicted molar refractivity (Wildman–Crippen MR) is 150 cm³/mol. The van der Waals surface area contributed by atoms with Crippen LogP contribution in [0.15, 0.2) is 48.5 Å². The number of ether oxygens (including phenoxy) is 4. The molecule has 0 spiro atoms. The number of methoxy groups -OCH3 is 1. The van der Waals surface area contributed by atoms with Crippen LogP contribution in [-0.4, -0.2) is 74.1 Å². The molecule has 0 unspecified atom stereocenters. The third kappa shape index (κ3) is 7.80. The number of urea groups is 1. The first-order chi connectivity index (χ1) is 19.4. The van der Waals surface area contributed by atoms with Crippen molar-refractivity contribution in [3.8, 4) is 0 Å². The Hall–Kier alpha value is -3.02. The standard InChI is InChI=1S/C30H41N3O7/c1-4-38-27(35)16-31-30(36)32-24-8-5-7-23(15-24)29-39-26(17-33-14-6-9-25(33)19-37-3)20(2)28(40-29)22-12-10-21(18-34)11-13-22/h5,7-8,10-13,15,20,25-26,28-29,34H,4,6,9,14,16-19H2,1-3H3,(H2,31,32,36)/t20-,25-,26+,28+,29+/m0/s1. The molecule has 0 radical (unpaired) electrons. The molecule has 2 aromatic carbocycles. The van der Waals surface area contributed by atoms with Gasteiger partial charge in [0.2, 0.25) is 0 Å². The molecule has 2 amide bonds. The van der Waals surface area contributed by atoms with Crippen LogP contribution < -0.4 is 10.6 Å². The van der Waals surface area contributed by atoms with Crippen molar-refractivity contribution in [2.24, 2.45) is 5.92 Å². The van der Waals surface area contributed by atoms with Gasteiger partial charge in [0.15, 0.2) is 6.29 Å². The SMILES string of the molecule is CCOC(=O)CNC(=O)Nc1cccc([C@@H]2O[C@H](CN3CCC[C@H]3COC)[C@H](C)[C@H](c3ccc(CO)cc3)O2)c1. The second kappa shape index (κ2) is 14.6. The lowest BCUT2D eigenvalue weighted by Crippen LogP contribution is -2.46. The summed E-state index contributed by atoms with van der Waals surface area (Å²) in [5, 5.41) is 14.8. The van der Waals surface area contributed by atoms with Gasteiger partial charge in [0.05, 0.1) is 32.0 Å². The molecule has 4 rings (SSSR count). The molecule has 10 nitrogen and oxygen atoms in total. The van der Waals surface area contributed by atoms with Crippen molar-refractivity contribution in [3.63, 3.8) is 0 Å². The fourth-order valence-corrected chi connectivity index (χ4v) is 5.38. The van der Waals surface area contributed by atoms with Crippen LogP contribution in [-0.2, 0) is 30.3 Å². The lowest BCUT2D eigenvalue weighted by Gasteiger charge is -2.43. The molecular weight excluding hydrogens is 514 g/mol. The molecular formula is C30H41N3O7. The second-order valence-corrected chi connectivity index (χ2v) is 10.3. The van der Waals surface area contributed by atoms with E-state index in [0.717, 1.165) is 42.6 Å². The number of likely N-dealkylation sites (tertiary alicyclic amines) is 1. The van der Waals surface area contributed by atoms with E-state index in [0.29, 0.717) is 18.3 Å². The van der Waals surface area contributed by atoms with E-state index in [1.807, 2.05) is 42.5 Å². The van der Waals surface area contributed by atoms with E-state index < -0.39 is 18.3 Å². The maximum Gasteiger partial charge on any atom is 0.325 e. The van der Waals surface area contributed by atoms with Gasteiger partial charge >= 0.3 is 12.0 Å². The van der Waals surface area contributed by atoms with E-state index in [2.05, 4.69) is 22.5 Å². The van der Waals surface area contributed by atoms with Crippen molar-refractivity contribution in [1.29, 1.82) is 0 Å². The maximum absolute atomic E-state index is 12.3. The summed E-state index contributed by atoms with van der Waals surface area (Å²) in [6.45, 7) is 6.34. The van der Waals surface area contributed by atoms with Gasteiger partial charge in [0, 0.05) is 36.9 Å². The Labute approximate surface area is 235 Å². The molecule has 10 heteroatoms. The summed E-state index contributed by atoms with van der Waals surface area (Å²) in [5.74, 6) is -0.436. The summed E-state index contributed by atoms with van der Waals surface area (Å²) in [4.78, 5) is 26.4. The van der Waals surface area contributed by atoms with E-state index >= 15 is 0 Å². The lowest BCUT2D eigenvalue weighted by molar-refractivity contribution is -0.276. The zero-order valence-corrected chi connectivity index (χ0v) is 23.5. The summed E-state index contributed by atoms with van der Waals surface area (Å²) >= 11 is 0. The second-order valence-electron chi connectivity index (χ2n) is 10.3. The summed E-state index contributed by atoms with van der Waals surface area (Å²) in [7, 11) is 1.74. The Morgan fingerprint density at radius 3 is 2.65 bits per heavy atom. The van der Waals surface area contributed by atoms with Crippen molar-refractivity contribution in [2.75, 3.05) is 45.3 Å². The third-order valence-corrected chi connectivity index (χ3v) is 7.51. The number of nitrogens with zero attached hydrogens (tertiary/aromatic N) is 1. The molecule has 5 atom stereocenters. The normalized spacial score (nSPS) is 24.9. The van der Waals surface area contributed by atoms with Crippen molar-refractivity contribution in [1.82, 2.24) is 10.2 Å². The summed E-state index contributed by atoms with van der Waals surface area (Å²) in [6.07, 6.45) is 1.24. The van der Waals surface area contributed by atoms with E-state index in [1.165, 1.54) is 0 Å². The first-order valence-corrected chi connectivity index (χ1v) is 14.0. The molecule has 2 fully saturated rings. The highest BCUT2D eigenvalue weighted by Gasteiger charge is 2.40. The average Bonchev–Trinajstić information content (AvgIpc) is 3.40. The highest BCUT2D eigenvalue weighted by molar-refractivity contribution is 5.91. The van der Waals surface area contributed by atoms with Crippen molar-refractivity contribution >= 4 is 17.7 Å².